The molecule has 1 aliphatic carbocycles. The molecule has 1 amide bonds. The average molecular weight is 348 g/mol. The van der Waals surface area contributed by atoms with E-state index in [0.717, 1.165) is 44.5 Å². The molecule has 1 aliphatic heterocycles. The van der Waals surface area contributed by atoms with E-state index in [1.165, 1.54) is 25.7 Å². The van der Waals surface area contributed by atoms with Crippen LogP contribution in [0.5, 0.6) is 0 Å². The molecule has 7 nitrogen and oxygen atoms in total. The van der Waals surface area contributed by atoms with Crippen molar-refractivity contribution in [2.45, 2.75) is 70.3 Å². The van der Waals surface area contributed by atoms with Crippen molar-refractivity contribution < 1.29 is 14.7 Å². The summed E-state index contributed by atoms with van der Waals surface area (Å²) in [6.45, 7) is 1.56. The van der Waals surface area contributed by atoms with Crippen LogP contribution < -0.4 is 0 Å². The summed E-state index contributed by atoms with van der Waals surface area (Å²) >= 11 is 0. The Morgan fingerprint density at radius 1 is 1.08 bits per heavy atom. The van der Waals surface area contributed by atoms with Crippen molar-refractivity contribution in [2.75, 3.05) is 13.1 Å². The largest absolute Gasteiger partial charge is 0.481 e. The van der Waals surface area contributed by atoms with Gasteiger partial charge in [-0.25, -0.2) is 4.68 Å². The van der Waals surface area contributed by atoms with Gasteiger partial charge in [0.05, 0.1) is 18.2 Å². The lowest BCUT2D eigenvalue weighted by Gasteiger charge is -2.34. The van der Waals surface area contributed by atoms with E-state index >= 15 is 0 Å². The lowest BCUT2D eigenvalue weighted by molar-refractivity contribution is -0.138. The van der Waals surface area contributed by atoms with Gasteiger partial charge >= 0.3 is 5.97 Å². The fourth-order valence-corrected chi connectivity index (χ4v) is 3.98. The number of hydrogen-bond acceptors (Lipinski definition) is 4. The summed E-state index contributed by atoms with van der Waals surface area (Å²) < 4.78 is 1.85. The van der Waals surface area contributed by atoms with Crippen molar-refractivity contribution in [3.05, 3.63) is 11.9 Å². The van der Waals surface area contributed by atoms with E-state index in [9.17, 15) is 9.59 Å². The van der Waals surface area contributed by atoms with E-state index in [1.54, 1.807) is 0 Å². The number of carbonyl (C=O) groups is 2. The number of nitrogens with zero attached hydrogens (tertiary/aromatic N) is 4. The highest BCUT2D eigenvalue weighted by Gasteiger charge is 2.29. The number of hydrogen-bond donors (Lipinski definition) is 1. The minimum absolute atomic E-state index is 0.0764. The van der Waals surface area contributed by atoms with E-state index in [1.807, 2.05) is 15.8 Å². The summed E-state index contributed by atoms with van der Waals surface area (Å²) in [7, 11) is 0. The van der Waals surface area contributed by atoms with Gasteiger partial charge in [0.1, 0.15) is 0 Å². The predicted molar refractivity (Wildman–Crippen MR) is 92.0 cm³/mol. The highest BCUT2D eigenvalue weighted by Crippen LogP contribution is 2.28. The quantitative estimate of drug-likeness (QED) is 0.826. The summed E-state index contributed by atoms with van der Waals surface area (Å²) in [5, 5.41) is 17.0. The summed E-state index contributed by atoms with van der Waals surface area (Å²) in [4.78, 5) is 25.4. The first-order valence-electron chi connectivity index (χ1n) is 9.55. The number of likely N-dealkylation sites (tertiary alicyclic amines) is 1. The van der Waals surface area contributed by atoms with E-state index in [4.69, 9.17) is 5.11 Å². The number of carbonyl (C=O) groups excluding carboxylic acids is 1. The van der Waals surface area contributed by atoms with Crippen LogP contribution >= 0.6 is 0 Å². The second-order valence-electron chi connectivity index (χ2n) is 7.33. The number of carboxylic acid groups (broad SMARTS) is 1. The van der Waals surface area contributed by atoms with Gasteiger partial charge in [-0.15, -0.1) is 5.10 Å². The van der Waals surface area contributed by atoms with Crippen LogP contribution in [0, 0.1) is 5.92 Å². The van der Waals surface area contributed by atoms with Crippen LogP contribution in [-0.2, 0) is 16.0 Å². The van der Waals surface area contributed by atoms with Crippen LogP contribution in [0.2, 0.25) is 0 Å². The van der Waals surface area contributed by atoms with E-state index in [-0.39, 0.29) is 18.4 Å². The monoisotopic (exact) mass is 348 g/mol. The molecule has 0 spiro atoms. The third kappa shape index (κ3) is 4.80. The van der Waals surface area contributed by atoms with Gasteiger partial charge in [0, 0.05) is 31.6 Å². The summed E-state index contributed by atoms with van der Waals surface area (Å²) in [5.41, 5.74) is 0.722. The van der Waals surface area contributed by atoms with Gasteiger partial charge in [0.2, 0.25) is 5.91 Å². The lowest BCUT2D eigenvalue weighted by atomic mass is 9.96. The van der Waals surface area contributed by atoms with E-state index in [0.29, 0.717) is 12.3 Å². The van der Waals surface area contributed by atoms with Crippen LogP contribution in [0.4, 0.5) is 0 Å². The molecule has 1 saturated carbocycles. The zero-order chi connectivity index (χ0) is 17.6. The summed E-state index contributed by atoms with van der Waals surface area (Å²) in [5.74, 6) is -0.242. The highest BCUT2D eigenvalue weighted by atomic mass is 16.4. The van der Waals surface area contributed by atoms with Crippen molar-refractivity contribution in [3.63, 3.8) is 0 Å². The Labute approximate surface area is 148 Å². The first-order valence-corrected chi connectivity index (χ1v) is 9.55. The highest BCUT2D eigenvalue weighted by molar-refractivity contribution is 5.79. The van der Waals surface area contributed by atoms with E-state index in [2.05, 4.69) is 10.3 Å². The third-order valence-electron chi connectivity index (χ3n) is 5.51. The maximum absolute atomic E-state index is 12.7. The fraction of sp³-hybridized carbons (Fsp3) is 0.778. The Balaban J connectivity index is 1.49. The number of rotatable bonds is 5. The van der Waals surface area contributed by atoms with Crippen molar-refractivity contribution in [1.82, 2.24) is 19.9 Å². The van der Waals surface area contributed by atoms with Gasteiger partial charge < -0.3 is 10.0 Å². The first-order chi connectivity index (χ1) is 12.1. The molecule has 25 heavy (non-hydrogen) atoms. The van der Waals surface area contributed by atoms with Gasteiger partial charge in [-0.05, 0) is 25.7 Å². The molecule has 0 aromatic carbocycles. The van der Waals surface area contributed by atoms with Gasteiger partial charge in [0.25, 0.3) is 0 Å². The van der Waals surface area contributed by atoms with Crippen molar-refractivity contribution in [3.8, 4) is 0 Å². The van der Waals surface area contributed by atoms with Gasteiger partial charge in [-0.2, -0.15) is 0 Å². The zero-order valence-electron chi connectivity index (χ0n) is 14.8. The fourth-order valence-electron chi connectivity index (χ4n) is 3.98. The first kappa shape index (κ1) is 17.9. The molecular formula is C18H28N4O3. The summed E-state index contributed by atoms with van der Waals surface area (Å²) in [6.07, 6.45) is 11.1. The molecule has 0 radical (unpaired) electrons. The second kappa shape index (κ2) is 8.45. The molecule has 2 aliphatic rings. The Kier molecular flexibility index (Phi) is 6.04. The predicted octanol–water partition coefficient (Wildman–Crippen LogP) is 2.43. The van der Waals surface area contributed by atoms with Crippen LogP contribution in [0.15, 0.2) is 6.20 Å². The standard InChI is InChI=1S/C18H28N4O3/c23-17(24)8-7-15-13-22(20-19-15)16-9-11-21(12-10-16)18(25)14-5-3-1-2-4-6-14/h13-14,16H,1-12H2,(H,23,24). The number of amides is 1. The Morgan fingerprint density at radius 3 is 2.40 bits per heavy atom. The molecule has 7 heteroatoms. The van der Waals surface area contributed by atoms with Crippen molar-refractivity contribution in [2.24, 2.45) is 5.92 Å². The maximum Gasteiger partial charge on any atom is 0.303 e. The molecule has 2 heterocycles. The number of carboxylic acids is 1. The molecule has 2 fully saturated rings. The maximum atomic E-state index is 12.7. The van der Waals surface area contributed by atoms with Gasteiger partial charge in [-0.1, -0.05) is 30.9 Å². The third-order valence-corrected chi connectivity index (χ3v) is 5.51. The number of aromatic nitrogens is 3. The molecule has 1 aromatic heterocycles. The molecule has 1 saturated heterocycles. The van der Waals surface area contributed by atoms with Crippen LogP contribution in [0.3, 0.4) is 0 Å². The van der Waals surface area contributed by atoms with Crippen LogP contribution in [0.25, 0.3) is 0 Å². The van der Waals surface area contributed by atoms with E-state index < -0.39 is 5.97 Å². The Morgan fingerprint density at radius 2 is 1.76 bits per heavy atom. The van der Waals surface area contributed by atoms with Gasteiger partial charge in [-0.3, -0.25) is 9.59 Å². The Hall–Kier alpha value is -1.92. The van der Waals surface area contributed by atoms with Crippen molar-refractivity contribution >= 4 is 11.9 Å². The number of aryl methyl sites for hydroxylation is 1. The topological polar surface area (TPSA) is 88.3 Å². The number of piperidine rings is 1. The second-order valence-corrected chi connectivity index (χ2v) is 7.33. The molecule has 1 N–H and O–H groups in total. The minimum Gasteiger partial charge on any atom is -0.481 e. The van der Waals surface area contributed by atoms with Crippen LogP contribution in [0.1, 0.15) is 69.5 Å². The van der Waals surface area contributed by atoms with Crippen LogP contribution in [-0.4, -0.2) is 50.0 Å². The van der Waals surface area contributed by atoms with Gasteiger partial charge in [0.15, 0.2) is 0 Å². The van der Waals surface area contributed by atoms with Crippen molar-refractivity contribution in [1.29, 1.82) is 0 Å². The average Bonchev–Trinajstić information content (AvgIpc) is 2.93. The normalized spacial score (nSPS) is 20.4. The molecular weight excluding hydrogens is 320 g/mol. The molecule has 0 bridgehead atoms. The molecule has 1 aromatic rings. The number of aliphatic carboxylic acids is 1. The molecule has 3 rings (SSSR count). The summed E-state index contributed by atoms with van der Waals surface area (Å²) in [6, 6.07) is 0.254. The lowest BCUT2D eigenvalue weighted by Crippen LogP contribution is -2.42. The molecule has 0 atom stereocenters. The SMILES string of the molecule is O=C(O)CCc1cn(C2CCN(C(=O)C3CCCCCC3)CC2)nn1. The Bertz CT molecular complexity index is 585. The molecule has 0 unspecified atom stereocenters. The smallest absolute Gasteiger partial charge is 0.303 e. The molecule has 138 valence electrons. The minimum atomic E-state index is -0.820. The zero-order valence-corrected chi connectivity index (χ0v) is 14.8.